The SMILES string of the molecule is CC1=C(C)C(=O)C(CC2(C)CCC(=O)O2)=CC1=O. The minimum Gasteiger partial charge on any atom is -0.459 e. The molecule has 2 rings (SSSR count). The van der Waals surface area contributed by atoms with Crippen molar-refractivity contribution in [2.75, 3.05) is 0 Å². The lowest BCUT2D eigenvalue weighted by atomic mass is 9.84. The predicted octanol–water partition coefficient (Wildman–Crippen LogP) is 1.89. The molecule has 4 nitrogen and oxygen atoms in total. The molecular weight excluding hydrogens is 232 g/mol. The number of esters is 1. The highest BCUT2D eigenvalue weighted by atomic mass is 16.6. The number of hydrogen-bond donors (Lipinski definition) is 0. The molecule has 1 aliphatic heterocycles. The van der Waals surface area contributed by atoms with Crippen LogP contribution >= 0.6 is 0 Å². The molecule has 18 heavy (non-hydrogen) atoms. The Hall–Kier alpha value is -1.71. The normalized spacial score (nSPS) is 28.6. The number of cyclic esters (lactones) is 1. The predicted molar refractivity (Wildman–Crippen MR) is 64.8 cm³/mol. The van der Waals surface area contributed by atoms with Crippen LogP contribution in [0.15, 0.2) is 22.8 Å². The maximum atomic E-state index is 12.1. The van der Waals surface area contributed by atoms with Crippen LogP contribution in [0.2, 0.25) is 0 Å². The minimum atomic E-state index is -0.648. The number of carbonyl (C=O) groups excluding carboxylic acids is 3. The Labute approximate surface area is 106 Å². The van der Waals surface area contributed by atoms with E-state index in [0.29, 0.717) is 36.0 Å². The Morgan fingerprint density at radius 3 is 2.44 bits per heavy atom. The van der Waals surface area contributed by atoms with Gasteiger partial charge in [-0.25, -0.2) is 0 Å². The highest BCUT2D eigenvalue weighted by Crippen LogP contribution is 2.34. The van der Waals surface area contributed by atoms with Crippen molar-refractivity contribution in [3.63, 3.8) is 0 Å². The molecule has 1 saturated heterocycles. The van der Waals surface area contributed by atoms with Crippen molar-refractivity contribution < 1.29 is 19.1 Å². The fourth-order valence-corrected chi connectivity index (χ4v) is 2.33. The van der Waals surface area contributed by atoms with Crippen LogP contribution in [-0.2, 0) is 19.1 Å². The summed E-state index contributed by atoms with van der Waals surface area (Å²) in [6, 6.07) is 0. The second kappa shape index (κ2) is 4.19. The van der Waals surface area contributed by atoms with Crippen molar-refractivity contribution >= 4 is 17.5 Å². The van der Waals surface area contributed by atoms with Crippen molar-refractivity contribution in [3.05, 3.63) is 22.8 Å². The first-order valence-corrected chi connectivity index (χ1v) is 6.01. The van der Waals surface area contributed by atoms with E-state index in [1.807, 2.05) is 0 Å². The van der Waals surface area contributed by atoms with Gasteiger partial charge in [-0.1, -0.05) is 0 Å². The van der Waals surface area contributed by atoms with Crippen molar-refractivity contribution in [2.24, 2.45) is 0 Å². The van der Waals surface area contributed by atoms with Crippen molar-refractivity contribution in [3.8, 4) is 0 Å². The monoisotopic (exact) mass is 248 g/mol. The molecule has 4 heteroatoms. The smallest absolute Gasteiger partial charge is 0.306 e. The molecule has 1 atom stereocenters. The maximum Gasteiger partial charge on any atom is 0.306 e. The van der Waals surface area contributed by atoms with Gasteiger partial charge in [0.15, 0.2) is 11.6 Å². The highest BCUT2D eigenvalue weighted by molar-refractivity contribution is 6.22. The molecule has 0 saturated carbocycles. The number of allylic oxidation sites excluding steroid dienone is 3. The summed E-state index contributed by atoms with van der Waals surface area (Å²) in [6.07, 6.45) is 2.65. The number of Topliss-reactive ketones (excluding diaryl/α,β-unsaturated/α-hetero) is 1. The van der Waals surface area contributed by atoms with Crippen molar-refractivity contribution in [1.82, 2.24) is 0 Å². The van der Waals surface area contributed by atoms with Crippen LogP contribution in [-0.4, -0.2) is 23.1 Å². The summed E-state index contributed by atoms with van der Waals surface area (Å²) in [5.74, 6) is -0.484. The highest BCUT2D eigenvalue weighted by Gasteiger charge is 2.38. The Bertz CT molecular complexity index is 510. The van der Waals surface area contributed by atoms with Gasteiger partial charge < -0.3 is 4.74 Å². The minimum absolute atomic E-state index is 0.115. The van der Waals surface area contributed by atoms with Gasteiger partial charge in [0.05, 0.1) is 0 Å². The first-order valence-electron chi connectivity index (χ1n) is 6.01. The van der Waals surface area contributed by atoms with Gasteiger partial charge in [-0.05, 0) is 33.3 Å². The lowest BCUT2D eigenvalue weighted by molar-refractivity contribution is -0.147. The lowest BCUT2D eigenvalue weighted by Crippen LogP contribution is -2.28. The summed E-state index contributed by atoms with van der Waals surface area (Å²) in [5, 5.41) is 0. The topological polar surface area (TPSA) is 60.4 Å². The van der Waals surface area contributed by atoms with E-state index in [9.17, 15) is 14.4 Å². The fraction of sp³-hybridized carbons (Fsp3) is 0.500. The molecule has 0 aromatic carbocycles. The Morgan fingerprint density at radius 1 is 1.22 bits per heavy atom. The quantitative estimate of drug-likeness (QED) is 0.553. The second-order valence-electron chi connectivity index (χ2n) is 5.21. The third-order valence-corrected chi connectivity index (χ3v) is 3.65. The molecule has 1 unspecified atom stereocenters. The fourth-order valence-electron chi connectivity index (χ4n) is 2.33. The van der Waals surface area contributed by atoms with Gasteiger partial charge in [0.1, 0.15) is 5.60 Å². The van der Waals surface area contributed by atoms with Gasteiger partial charge in [0.25, 0.3) is 0 Å². The van der Waals surface area contributed by atoms with Crippen LogP contribution in [0.1, 0.15) is 40.0 Å². The lowest BCUT2D eigenvalue weighted by Gasteiger charge is -2.25. The average Bonchev–Trinajstić information content (AvgIpc) is 2.63. The molecular formula is C14H16O4. The first kappa shape index (κ1) is 12.7. The van der Waals surface area contributed by atoms with Gasteiger partial charge in [-0.15, -0.1) is 0 Å². The van der Waals surface area contributed by atoms with Gasteiger partial charge in [-0.3, -0.25) is 14.4 Å². The van der Waals surface area contributed by atoms with E-state index >= 15 is 0 Å². The van der Waals surface area contributed by atoms with Crippen LogP contribution in [0.5, 0.6) is 0 Å². The first-order chi connectivity index (χ1) is 8.32. The molecule has 1 fully saturated rings. The largest absolute Gasteiger partial charge is 0.459 e. The zero-order valence-corrected chi connectivity index (χ0v) is 10.8. The standard InChI is InChI=1S/C14H16O4/c1-8-9(2)13(17)10(6-11(8)15)7-14(3)5-4-12(16)18-14/h6H,4-5,7H2,1-3H3. The number of carbonyl (C=O) groups is 3. The Balaban J connectivity index is 2.21. The molecule has 96 valence electrons. The molecule has 0 spiro atoms. The van der Waals surface area contributed by atoms with E-state index in [4.69, 9.17) is 4.74 Å². The van der Waals surface area contributed by atoms with Crippen molar-refractivity contribution in [1.29, 1.82) is 0 Å². The van der Waals surface area contributed by atoms with E-state index in [0.717, 1.165) is 0 Å². The van der Waals surface area contributed by atoms with E-state index in [-0.39, 0.29) is 17.5 Å². The zero-order chi connectivity index (χ0) is 13.5. The molecule has 0 amide bonds. The van der Waals surface area contributed by atoms with E-state index in [2.05, 4.69) is 0 Å². The van der Waals surface area contributed by atoms with Gasteiger partial charge in [0, 0.05) is 29.6 Å². The van der Waals surface area contributed by atoms with E-state index in [1.165, 1.54) is 6.08 Å². The summed E-state index contributed by atoms with van der Waals surface area (Å²) in [5.41, 5.74) is 0.785. The van der Waals surface area contributed by atoms with E-state index in [1.54, 1.807) is 20.8 Å². The molecule has 2 aliphatic rings. The molecule has 0 aromatic heterocycles. The molecule has 1 aliphatic carbocycles. The number of hydrogen-bond acceptors (Lipinski definition) is 4. The van der Waals surface area contributed by atoms with Gasteiger partial charge in [0.2, 0.25) is 0 Å². The Morgan fingerprint density at radius 2 is 1.89 bits per heavy atom. The third kappa shape index (κ3) is 2.15. The molecule has 1 heterocycles. The summed E-state index contributed by atoms with van der Waals surface area (Å²) < 4.78 is 5.24. The summed E-state index contributed by atoms with van der Waals surface area (Å²) in [6.45, 7) is 5.11. The molecule has 0 aromatic rings. The third-order valence-electron chi connectivity index (χ3n) is 3.65. The maximum absolute atomic E-state index is 12.1. The molecule has 0 N–H and O–H groups in total. The summed E-state index contributed by atoms with van der Waals surface area (Å²) >= 11 is 0. The Kier molecular flexibility index (Phi) is 2.97. The molecule has 0 radical (unpaired) electrons. The summed E-state index contributed by atoms with van der Waals surface area (Å²) in [4.78, 5) is 34.9. The van der Waals surface area contributed by atoms with E-state index < -0.39 is 5.60 Å². The zero-order valence-electron chi connectivity index (χ0n) is 10.8. The number of ether oxygens (including phenoxy) is 1. The second-order valence-corrected chi connectivity index (χ2v) is 5.21. The summed E-state index contributed by atoms with van der Waals surface area (Å²) in [7, 11) is 0. The van der Waals surface area contributed by atoms with Gasteiger partial charge in [-0.2, -0.15) is 0 Å². The van der Waals surface area contributed by atoms with Crippen LogP contribution in [0.25, 0.3) is 0 Å². The molecule has 0 bridgehead atoms. The van der Waals surface area contributed by atoms with Crippen LogP contribution < -0.4 is 0 Å². The number of ketones is 2. The average molecular weight is 248 g/mol. The van der Waals surface area contributed by atoms with Gasteiger partial charge >= 0.3 is 5.97 Å². The number of rotatable bonds is 2. The van der Waals surface area contributed by atoms with Crippen LogP contribution in [0.3, 0.4) is 0 Å². The van der Waals surface area contributed by atoms with Crippen LogP contribution in [0, 0.1) is 0 Å². The van der Waals surface area contributed by atoms with Crippen molar-refractivity contribution in [2.45, 2.75) is 45.6 Å². The van der Waals surface area contributed by atoms with Crippen LogP contribution in [0.4, 0.5) is 0 Å².